The van der Waals surface area contributed by atoms with Gasteiger partial charge >= 0.3 is 5.13 Å². The van der Waals surface area contributed by atoms with Gasteiger partial charge in [-0.2, -0.15) is 0 Å². The van der Waals surface area contributed by atoms with Crippen molar-refractivity contribution >= 4 is 45.6 Å². The van der Waals surface area contributed by atoms with Gasteiger partial charge in [0.15, 0.2) is 0 Å². The number of rotatable bonds is 1. The van der Waals surface area contributed by atoms with Crippen molar-refractivity contribution < 1.29 is 4.57 Å². The van der Waals surface area contributed by atoms with Crippen molar-refractivity contribution in [2.75, 3.05) is 11.4 Å². The normalized spacial score (nSPS) is 13.8. The first-order valence-corrected chi connectivity index (χ1v) is 7.02. The van der Waals surface area contributed by atoms with Crippen LogP contribution >= 0.6 is 23.6 Å². The average molecular weight is 278 g/mol. The highest BCUT2D eigenvalue weighted by atomic mass is 32.1. The molecule has 0 radical (unpaired) electrons. The summed E-state index contributed by atoms with van der Waals surface area (Å²) in [7, 11) is 0. The van der Waals surface area contributed by atoms with Gasteiger partial charge in [-0.3, -0.25) is 0 Å². The van der Waals surface area contributed by atoms with Crippen LogP contribution in [-0.2, 0) is 19.2 Å². The Kier molecular flexibility index (Phi) is 2.82. The molecular formula is C12H10N2S3. The predicted molar refractivity (Wildman–Crippen MR) is 77.3 cm³/mol. The molecule has 86 valence electrons. The van der Waals surface area contributed by atoms with E-state index in [1.807, 2.05) is 11.0 Å². The number of hydrogen-bond acceptors (Lipinski definition) is 3. The molecular weight excluding hydrogens is 268 g/mol. The van der Waals surface area contributed by atoms with Crippen LogP contribution in [0.25, 0.3) is 11.3 Å². The van der Waals surface area contributed by atoms with Gasteiger partial charge in [0.2, 0.25) is 0 Å². The van der Waals surface area contributed by atoms with Gasteiger partial charge in [0, 0.05) is 15.3 Å². The average Bonchev–Trinajstić information content (AvgIpc) is 2.89. The van der Waals surface area contributed by atoms with Crippen LogP contribution in [0.4, 0.5) is 5.13 Å². The summed E-state index contributed by atoms with van der Waals surface area (Å²) in [5.41, 5.74) is 2.49. The fourth-order valence-corrected chi connectivity index (χ4v) is 3.64. The summed E-state index contributed by atoms with van der Waals surface area (Å²) in [6, 6.07) is 10.4. The number of thiocarbonyl (C=S) groups is 1. The van der Waals surface area contributed by atoms with Crippen molar-refractivity contribution in [3.05, 3.63) is 35.7 Å². The molecule has 1 aromatic heterocycles. The fourth-order valence-electron chi connectivity index (χ4n) is 2.06. The van der Waals surface area contributed by atoms with Crippen LogP contribution in [0, 0.1) is 0 Å². The number of nitrogens with zero attached hydrogens (tertiary/aromatic N) is 2. The lowest BCUT2D eigenvalue weighted by molar-refractivity contribution is -0.655. The highest BCUT2D eigenvalue weighted by molar-refractivity contribution is 8.00. The molecule has 0 atom stereocenters. The monoisotopic (exact) mass is 278 g/mol. The summed E-state index contributed by atoms with van der Waals surface area (Å²) in [5, 5.41) is 3.33. The van der Waals surface area contributed by atoms with Gasteiger partial charge in [-0.25, -0.2) is 9.47 Å². The number of hydrogen-bond donors (Lipinski definition) is 0. The molecule has 2 nitrogen and oxygen atoms in total. The topological polar surface area (TPSA) is 7.12 Å². The molecule has 0 saturated heterocycles. The fraction of sp³-hybridized carbons (Fsp3) is 0.167. The van der Waals surface area contributed by atoms with Crippen LogP contribution < -0.4 is 9.47 Å². The third kappa shape index (κ3) is 1.84. The Balaban J connectivity index is 2.06. The second-order valence-electron chi connectivity index (χ2n) is 3.84. The largest absolute Gasteiger partial charge is 0.386 e. The number of aromatic nitrogens is 1. The first kappa shape index (κ1) is 11.1. The van der Waals surface area contributed by atoms with Crippen molar-refractivity contribution in [1.82, 2.24) is 0 Å². The Labute approximate surface area is 115 Å². The number of benzene rings is 1. The minimum absolute atomic E-state index is 0.540. The molecule has 0 amide bonds. The van der Waals surface area contributed by atoms with Crippen molar-refractivity contribution in [2.45, 2.75) is 6.54 Å². The third-order valence-electron chi connectivity index (χ3n) is 2.87. The molecule has 0 saturated carbocycles. The standard InChI is InChI=1S/C12H10N2S3/c15-12(16)14-7-6-13-10(8-17-11(13)14)9-4-2-1-3-5-9/h1-5,8H,6-7H2. The van der Waals surface area contributed by atoms with Crippen LogP contribution in [-0.4, -0.2) is 10.9 Å². The van der Waals surface area contributed by atoms with Gasteiger partial charge in [0.25, 0.3) is 0 Å². The van der Waals surface area contributed by atoms with Crippen LogP contribution in [0.15, 0.2) is 35.7 Å². The first-order chi connectivity index (χ1) is 8.27. The van der Waals surface area contributed by atoms with Gasteiger partial charge in [-0.1, -0.05) is 41.7 Å². The van der Waals surface area contributed by atoms with E-state index in [1.165, 1.54) is 11.3 Å². The second kappa shape index (κ2) is 4.33. The molecule has 0 N–H and O–H groups in total. The number of fused-ring (bicyclic) bond motifs is 1. The highest BCUT2D eigenvalue weighted by Gasteiger charge is 2.31. The first-order valence-electron chi connectivity index (χ1n) is 5.32. The SMILES string of the molecule is S=C([S-])N1CC[n+]2c(-c3ccccc3)csc21. The summed E-state index contributed by atoms with van der Waals surface area (Å²) >= 11 is 11.9. The Morgan fingerprint density at radius 1 is 1.35 bits per heavy atom. The van der Waals surface area contributed by atoms with Gasteiger partial charge in [-0.15, -0.1) is 0 Å². The number of thiazole rings is 1. The maximum atomic E-state index is 5.09. The van der Waals surface area contributed by atoms with E-state index in [0.717, 1.165) is 18.2 Å². The smallest absolute Gasteiger partial charge is 0.340 e. The summed E-state index contributed by atoms with van der Waals surface area (Å²) in [4.78, 5) is 2.03. The highest BCUT2D eigenvalue weighted by Crippen LogP contribution is 2.28. The van der Waals surface area contributed by atoms with E-state index >= 15 is 0 Å². The maximum Gasteiger partial charge on any atom is 0.340 e. The lowest BCUT2D eigenvalue weighted by Crippen LogP contribution is -2.31. The summed E-state index contributed by atoms with van der Waals surface area (Å²) < 4.78 is 2.83. The Morgan fingerprint density at radius 3 is 2.82 bits per heavy atom. The van der Waals surface area contributed by atoms with Crippen LogP contribution in [0.3, 0.4) is 0 Å². The Morgan fingerprint density at radius 2 is 2.12 bits per heavy atom. The summed E-state index contributed by atoms with van der Waals surface area (Å²) in [5.74, 6) is 0. The molecule has 17 heavy (non-hydrogen) atoms. The molecule has 5 heteroatoms. The van der Waals surface area contributed by atoms with E-state index in [2.05, 4.69) is 34.2 Å². The van der Waals surface area contributed by atoms with E-state index in [9.17, 15) is 0 Å². The van der Waals surface area contributed by atoms with Crippen LogP contribution in [0.2, 0.25) is 0 Å². The molecule has 0 bridgehead atoms. The van der Waals surface area contributed by atoms with Gasteiger partial charge < -0.3 is 24.8 Å². The van der Waals surface area contributed by atoms with Crippen molar-refractivity contribution in [2.24, 2.45) is 0 Å². The molecule has 0 aliphatic carbocycles. The molecule has 2 heterocycles. The number of anilines is 1. The molecule has 1 aliphatic heterocycles. The zero-order valence-electron chi connectivity index (χ0n) is 9.00. The predicted octanol–water partition coefficient (Wildman–Crippen LogP) is 2.35. The van der Waals surface area contributed by atoms with E-state index in [4.69, 9.17) is 24.8 Å². The maximum absolute atomic E-state index is 5.09. The molecule has 1 aliphatic rings. The summed E-state index contributed by atoms with van der Waals surface area (Å²) in [6.45, 7) is 1.86. The van der Waals surface area contributed by atoms with Crippen molar-refractivity contribution in [3.8, 4) is 11.3 Å². The zero-order chi connectivity index (χ0) is 11.8. The van der Waals surface area contributed by atoms with E-state index in [1.54, 1.807) is 11.3 Å². The molecule has 3 rings (SSSR count). The van der Waals surface area contributed by atoms with E-state index in [0.29, 0.717) is 4.32 Å². The van der Waals surface area contributed by atoms with Gasteiger partial charge in [-0.05, 0) is 0 Å². The Bertz CT molecular complexity index is 562. The molecule has 0 fully saturated rings. The van der Waals surface area contributed by atoms with Crippen molar-refractivity contribution in [1.29, 1.82) is 0 Å². The minimum Gasteiger partial charge on any atom is -0.386 e. The molecule has 0 unspecified atom stereocenters. The van der Waals surface area contributed by atoms with Crippen molar-refractivity contribution in [3.63, 3.8) is 0 Å². The molecule has 0 spiro atoms. The minimum atomic E-state index is 0.540. The van der Waals surface area contributed by atoms with Crippen LogP contribution in [0.1, 0.15) is 0 Å². The van der Waals surface area contributed by atoms with Gasteiger partial charge in [0.05, 0.1) is 0 Å². The van der Waals surface area contributed by atoms with E-state index < -0.39 is 0 Å². The van der Waals surface area contributed by atoms with E-state index in [-0.39, 0.29) is 0 Å². The molecule has 2 aromatic rings. The van der Waals surface area contributed by atoms with Crippen LogP contribution in [0.5, 0.6) is 0 Å². The summed E-state index contributed by atoms with van der Waals surface area (Å²) in [6.07, 6.45) is 0. The lowest BCUT2D eigenvalue weighted by Gasteiger charge is -2.10. The molecule has 1 aromatic carbocycles. The zero-order valence-corrected chi connectivity index (χ0v) is 11.4. The second-order valence-corrected chi connectivity index (χ2v) is 5.71. The lowest BCUT2D eigenvalue weighted by atomic mass is 10.2. The quantitative estimate of drug-likeness (QED) is 0.449. The van der Waals surface area contributed by atoms with Gasteiger partial charge in [0.1, 0.15) is 18.8 Å². The third-order valence-corrected chi connectivity index (χ3v) is 4.30. The Hall–Kier alpha value is -1.04.